The predicted octanol–water partition coefficient (Wildman–Crippen LogP) is 2.15. The molecule has 0 fully saturated rings. The van der Waals surface area contributed by atoms with E-state index in [1.54, 1.807) is 16.8 Å². The van der Waals surface area contributed by atoms with Crippen molar-refractivity contribution in [3.05, 3.63) is 54.1 Å². The molecule has 0 aliphatic rings. The second-order valence-corrected chi connectivity index (χ2v) is 4.38. The van der Waals surface area contributed by atoms with Gasteiger partial charge in [0.1, 0.15) is 6.61 Å². The molecular weight excluding hydrogens is 250 g/mol. The van der Waals surface area contributed by atoms with Gasteiger partial charge in [-0.2, -0.15) is 4.37 Å². The van der Waals surface area contributed by atoms with Crippen molar-refractivity contribution in [1.82, 2.24) is 13.8 Å². The first-order valence-electron chi connectivity index (χ1n) is 5.34. The molecule has 2 heterocycles. The van der Waals surface area contributed by atoms with E-state index in [9.17, 15) is 4.79 Å². The molecule has 1 aromatic carbocycles. The molecule has 18 heavy (non-hydrogen) atoms. The number of hydrogen-bond acceptors (Lipinski definition) is 5. The van der Waals surface area contributed by atoms with Crippen LogP contribution in [-0.2, 0) is 11.3 Å². The lowest BCUT2D eigenvalue weighted by atomic mass is 10.2. The molecule has 6 heteroatoms. The van der Waals surface area contributed by atoms with E-state index >= 15 is 0 Å². The lowest BCUT2D eigenvalue weighted by molar-refractivity contribution is 0.0458. The molecular formula is C12H9N3O2S. The van der Waals surface area contributed by atoms with Crippen LogP contribution in [0.3, 0.4) is 0 Å². The normalized spacial score (nSPS) is 10.7. The van der Waals surface area contributed by atoms with E-state index in [-0.39, 0.29) is 12.4 Å². The van der Waals surface area contributed by atoms with Gasteiger partial charge in [0.15, 0.2) is 0 Å². The Bertz CT molecular complexity index is 675. The second-order valence-electron chi connectivity index (χ2n) is 3.65. The first kappa shape index (κ1) is 10.9. The first-order chi connectivity index (χ1) is 8.84. The third-order valence-electron chi connectivity index (χ3n) is 2.44. The van der Waals surface area contributed by atoms with Gasteiger partial charge in [0, 0.05) is 23.9 Å². The van der Waals surface area contributed by atoms with Gasteiger partial charge in [-0.05, 0) is 5.56 Å². The third kappa shape index (κ3) is 1.98. The number of fused-ring (bicyclic) bond motifs is 1. The average molecular weight is 259 g/mol. The minimum atomic E-state index is -0.442. The summed E-state index contributed by atoms with van der Waals surface area (Å²) in [6.45, 7) is 0.243. The molecule has 3 rings (SSSR count). The Hall–Kier alpha value is -2.21. The first-order valence-corrected chi connectivity index (χ1v) is 6.12. The van der Waals surface area contributed by atoms with Gasteiger partial charge in [-0.3, -0.25) is 4.40 Å². The number of carbonyl (C=O) groups excluding carboxylic acids is 1. The number of carbonyl (C=O) groups is 1. The fourth-order valence-corrected chi connectivity index (χ4v) is 2.24. The number of aromatic nitrogens is 3. The van der Waals surface area contributed by atoms with Gasteiger partial charge >= 0.3 is 5.97 Å². The van der Waals surface area contributed by atoms with Crippen LogP contribution in [0.15, 0.2) is 42.7 Å². The zero-order valence-corrected chi connectivity index (χ0v) is 10.1. The second kappa shape index (κ2) is 4.58. The van der Waals surface area contributed by atoms with Crippen molar-refractivity contribution in [3.8, 4) is 0 Å². The highest BCUT2D eigenvalue weighted by atomic mass is 32.1. The van der Waals surface area contributed by atoms with Crippen LogP contribution >= 0.6 is 11.5 Å². The van der Waals surface area contributed by atoms with Gasteiger partial charge in [-0.1, -0.05) is 30.3 Å². The Labute approximate surface area is 107 Å². The summed E-state index contributed by atoms with van der Waals surface area (Å²) in [5.41, 5.74) is 0.947. The molecule has 0 saturated carbocycles. The van der Waals surface area contributed by atoms with E-state index in [1.165, 1.54) is 11.5 Å². The SMILES string of the molecule is O=C(OCc1ccccc1)c1nsc2nccn12. The van der Waals surface area contributed by atoms with Crippen molar-refractivity contribution in [2.24, 2.45) is 0 Å². The van der Waals surface area contributed by atoms with Crippen molar-refractivity contribution >= 4 is 22.5 Å². The number of imidazole rings is 1. The fraction of sp³-hybridized carbons (Fsp3) is 0.0833. The summed E-state index contributed by atoms with van der Waals surface area (Å²) in [7, 11) is 0. The maximum atomic E-state index is 11.9. The smallest absolute Gasteiger partial charge is 0.376 e. The quantitative estimate of drug-likeness (QED) is 0.676. The van der Waals surface area contributed by atoms with Gasteiger partial charge in [0.2, 0.25) is 10.8 Å². The minimum absolute atomic E-state index is 0.243. The number of rotatable bonds is 3. The van der Waals surface area contributed by atoms with E-state index in [2.05, 4.69) is 9.36 Å². The standard InChI is InChI=1S/C12H9N3O2S/c16-11(17-8-9-4-2-1-3-5-9)10-14-18-12-13-6-7-15(10)12/h1-7H,8H2. The number of nitrogens with zero attached hydrogens (tertiary/aromatic N) is 3. The molecule has 0 amide bonds. The Morgan fingerprint density at radius 1 is 1.33 bits per heavy atom. The van der Waals surface area contributed by atoms with Crippen molar-refractivity contribution < 1.29 is 9.53 Å². The van der Waals surface area contributed by atoms with Gasteiger partial charge in [-0.15, -0.1) is 0 Å². The Balaban J connectivity index is 1.74. The van der Waals surface area contributed by atoms with Crippen LogP contribution in [0.4, 0.5) is 0 Å². The van der Waals surface area contributed by atoms with E-state index in [0.717, 1.165) is 5.56 Å². The summed E-state index contributed by atoms with van der Waals surface area (Å²) in [4.78, 5) is 16.6. The topological polar surface area (TPSA) is 56.5 Å². The summed E-state index contributed by atoms with van der Waals surface area (Å²) in [5, 5.41) is 0. The largest absolute Gasteiger partial charge is 0.455 e. The van der Waals surface area contributed by atoms with Gasteiger partial charge in [0.25, 0.3) is 0 Å². The number of benzene rings is 1. The molecule has 0 spiro atoms. The molecule has 0 unspecified atom stereocenters. The molecule has 0 aliphatic carbocycles. The lowest BCUT2D eigenvalue weighted by Gasteiger charge is -2.02. The van der Waals surface area contributed by atoms with E-state index in [4.69, 9.17) is 4.74 Å². The van der Waals surface area contributed by atoms with Crippen LogP contribution in [0.2, 0.25) is 0 Å². The summed E-state index contributed by atoms with van der Waals surface area (Å²) >= 11 is 1.17. The number of hydrogen-bond donors (Lipinski definition) is 0. The molecule has 0 aliphatic heterocycles. The molecule has 0 N–H and O–H groups in total. The highest BCUT2D eigenvalue weighted by Gasteiger charge is 2.16. The molecule has 3 aromatic rings. The highest BCUT2D eigenvalue weighted by Crippen LogP contribution is 2.11. The molecule has 0 atom stereocenters. The third-order valence-corrected chi connectivity index (χ3v) is 3.17. The number of ether oxygens (including phenoxy) is 1. The van der Waals surface area contributed by atoms with Crippen LogP contribution in [0.1, 0.15) is 16.2 Å². The minimum Gasteiger partial charge on any atom is -0.455 e. The lowest BCUT2D eigenvalue weighted by Crippen LogP contribution is -2.09. The van der Waals surface area contributed by atoms with Crippen LogP contribution in [-0.4, -0.2) is 19.7 Å². The van der Waals surface area contributed by atoms with Crippen molar-refractivity contribution in [2.45, 2.75) is 6.61 Å². The molecule has 2 aromatic heterocycles. The Kier molecular flexibility index (Phi) is 2.77. The van der Waals surface area contributed by atoms with Crippen LogP contribution < -0.4 is 0 Å². The molecule has 5 nitrogen and oxygen atoms in total. The monoisotopic (exact) mass is 259 g/mol. The van der Waals surface area contributed by atoms with Crippen molar-refractivity contribution in [1.29, 1.82) is 0 Å². The molecule has 0 radical (unpaired) electrons. The zero-order chi connectivity index (χ0) is 12.4. The maximum Gasteiger partial charge on any atom is 0.376 e. The molecule has 0 saturated heterocycles. The Morgan fingerprint density at radius 3 is 3.00 bits per heavy atom. The van der Waals surface area contributed by atoms with Crippen LogP contribution in [0, 0.1) is 0 Å². The summed E-state index contributed by atoms with van der Waals surface area (Å²) in [6, 6.07) is 9.53. The fourth-order valence-electron chi connectivity index (χ4n) is 1.57. The van der Waals surface area contributed by atoms with Crippen molar-refractivity contribution in [2.75, 3.05) is 0 Å². The van der Waals surface area contributed by atoms with Crippen LogP contribution in [0.25, 0.3) is 4.96 Å². The van der Waals surface area contributed by atoms with Gasteiger partial charge in [0.05, 0.1) is 0 Å². The maximum absolute atomic E-state index is 11.9. The predicted molar refractivity (Wildman–Crippen MR) is 66.4 cm³/mol. The number of esters is 1. The summed E-state index contributed by atoms with van der Waals surface area (Å²) in [5.74, 6) is -0.175. The van der Waals surface area contributed by atoms with E-state index < -0.39 is 5.97 Å². The van der Waals surface area contributed by atoms with E-state index in [0.29, 0.717) is 4.96 Å². The summed E-state index contributed by atoms with van der Waals surface area (Å²) in [6.07, 6.45) is 3.32. The highest BCUT2D eigenvalue weighted by molar-refractivity contribution is 7.11. The van der Waals surface area contributed by atoms with Crippen molar-refractivity contribution in [3.63, 3.8) is 0 Å². The molecule has 0 bridgehead atoms. The molecule has 90 valence electrons. The Morgan fingerprint density at radius 2 is 2.17 bits per heavy atom. The summed E-state index contributed by atoms with van der Waals surface area (Å²) < 4.78 is 10.9. The van der Waals surface area contributed by atoms with Crippen LogP contribution in [0.5, 0.6) is 0 Å². The van der Waals surface area contributed by atoms with Gasteiger partial charge < -0.3 is 4.74 Å². The average Bonchev–Trinajstić information content (AvgIpc) is 2.99. The van der Waals surface area contributed by atoms with E-state index in [1.807, 2.05) is 30.3 Å². The zero-order valence-electron chi connectivity index (χ0n) is 9.31. The van der Waals surface area contributed by atoms with Gasteiger partial charge in [-0.25, -0.2) is 9.78 Å².